The van der Waals surface area contributed by atoms with Gasteiger partial charge in [0.05, 0.1) is 6.54 Å². The van der Waals surface area contributed by atoms with Crippen LogP contribution in [0.2, 0.25) is 0 Å². The molecule has 5 nitrogen and oxygen atoms in total. The van der Waals surface area contributed by atoms with E-state index in [0.717, 1.165) is 44.8 Å². The van der Waals surface area contributed by atoms with Crippen LogP contribution in [0.1, 0.15) is 19.2 Å². The van der Waals surface area contributed by atoms with Crippen LogP contribution in [0.4, 0.5) is 0 Å². The van der Waals surface area contributed by atoms with Gasteiger partial charge in [-0.3, -0.25) is 9.69 Å². The van der Waals surface area contributed by atoms with E-state index in [-0.39, 0.29) is 5.91 Å². The van der Waals surface area contributed by atoms with Crippen molar-refractivity contribution in [3.8, 4) is 0 Å². The Balaban J connectivity index is 1.79. The lowest BCUT2D eigenvalue weighted by molar-refractivity contribution is -0.136. The van der Waals surface area contributed by atoms with E-state index >= 15 is 0 Å². The number of hydrogen-bond acceptors (Lipinski definition) is 3. The van der Waals surface area contributed by atoms with Crippen LogP contribution in [0.15, 0.2) is 12.4 Å². The van der Waals surface area contributed by atoms with Crippen molar-refractivity contribution in [2.75, 3.05) is 32.7 Å². The first kappa shape index (κ1) is 13.1. The molecule has 0 unspecified atom stereocenters. The van der Waals surface area contributed by atoms with Gasteiger partial charge in [-0.2, -0.15) is 0 Å². The minimum absolute atomic E-state index is 0.267. The average Bonchev–Trinajstić information content (AvgIpc) is 2.76. The highest BCUT2D eigenvalue weighted by Crippen LogP contribution is 2.05. The van der Waals surface area contributed by atoms with Gasteiger partial charge in [-0.25, -0.2) is 4.98 Å². The van der Waals surface area contributed by atoms with Gasteiger partial charge in [0.1, 0.15) is 5.82 Å². The highest BCUT2D eigenvalue weighted by Gasteiger charge is 2.22. The Morgan fingerprint density at radius 1 is 1.33 bits per heavy atom. The van der Waals surface area contributed by atoms with E-state index < -0.39 is 0 Å². The fourth-order valence-corrected chi connectivity index (χ4v) is 2.35. The van der Waals surface area contributed by atoms with Crippen molar-refractivity contribution in [3.05, 3.63) is 18.2 Å². The van der Waals surface area contributed by atoms with Gasteiger partial charge in [0.2, 0.25) is 5.91 Å². The molecule has 5 heteroatoms. The van der Waals surface area contributed by atoms with E-state index in [1.165, 1.54) is 0 Å². The standard InChI is InChI=1S/C13H22N4O/c1-3-6-17-10-9-16(11-13(17)18)7-4-12-14-5-8-15(12)2/h5,8H,3-4,6-7,9-11H2,1-2H3. The Labute approximate surface area is 108 Å². The molecular formula is C13H22N4O. The van der Waals surface area contributed by atoms with Crippen molar-refractivity contribution >= 4 is 5.91 Å². The molecule has 0 N–H and O–H groups in total. The van der Waals surface area contributed by atoms with Gasteiger partial charge in [-0.1, -0.05) is 6.92 Å². The van der Waals surface area contributed by atoms with Crippen molar-refractivity contribution < 1.29 is 4.79 Å². The van der Waals surface area contributed by atoms with Crippen molar-refractivity contribution in [2.24, 2.45) is 7.05 Å². The van der Waals surface area contributed by atoms with E-state index in [9.17, 15) is 4.79 Å². The van der Waals surface area contributed by atoms with Crippen LogP contribution in [0.25, 0.3) is 0 Å². The normalized spacial score (nSPS) is 17.4. The maximum atomic E-state index is 11.9. The third-order valence-corrected chi connectivity index (χ3v) is 3.46. The summed E-state index contributed by atoms with van der Waals surface area (Å²) in [7, 11) is 2.01. The Morgan fingerprint density at radius 3 is 2.78 bits per heavy atom. The number of aromatic nitrogens is 2. The molecule has 100 valence electrons. The van der Waals surface area contributed by atoms with E-state index in [4.69, 9.17) is 0 Å². The highest BCUT2D eigenvalue weighted by molar-refractivity contribution is 5.79. The largest absolute Gasteiger partial charge is 0.340 e. The van der Waals surface area contributed by atoms with Gasteiger partial charge in [-0.15, -0.1) is 0 Å². The van der Waals surface area contributed by atoms with Gasteiger partial charge in [0.15, 0.2) is 0 Å². The van der Waals surface area contributed by atoms with Crippen molar-refractivity contribution in [2.45, 2.75) is 19.8 Å². The first-order chi connectivity index (χ1) is 8.70. The summed E-state index contributed by atoms with van der Waals surface area (Å²) < 4.78 is 2.04. The van der Waals surface area contributed by atoms with E-state index in [2.05, 4.69) is 16.8 Å². The molecule has 0 aliphatic carbocycles. The topological polar surface area (TPSA) is 41.4 Å². The molecule has 2 rings (SSSR count). The number of carbonyl (C=O) groups excluding carboxylic acids is 1. The minimum Gasteiger partial charge on any atom is -0.340 e. The highest BCUT2D eigenvalue weighted by atomic mass is 16.2. The molecule has 0 spiro atoms. The zero-order valence-electron chi connectivity index (χ0n) is 11.3. The number of hydrogen-bond donors (Lipinski definition) is 0. The SMILES string of the molecule is CCCN1CCN(CCc2nccn2C)CC1=O. The zero-order valence-corrected chi connectivity index (χ0v) is 11.3. The first-order valence-electron chi connectivity index (χ1n) is 6.67. The molecule has 1 aromatic heterocycles. The zero-order chi connectivity index (χ0) is 13.0. The molecule has 1 aliphatic heterocycles. The maximum absolute atomic E-state index is 11.9. The molecule has 18 heavy (non-hydrogen) atoms. The summed E-state index contributed by atoms with van der Waals surface area (Å²) in [5.74, 6) is 1.35. The van der Waals surface area contributed by atoms with Crippen LogP contribution >= 0.6 is 0 Å². The maximum Gasteiger partial charge on any atom is 0.236 e. The summed E-state index contributed by atoms with van der Waals surface area (Å²) in [6.45, 7) is 6.33. The summed E-state index contributed by atoms with van der Waals surface area (Å²) in [5, 5.41) is 0. The van der Waals surface area contributed by atoms with Gasteiger partial charge < -0.3 is 9.47 Å². The minimum atomic E-state index is 0.267. The summed E-state index contributed by atoms with van der Waals surface area (Å²) in [4.78, 5) is 20.4. The predicted molar refractivity (Wildman–Crippen MR) is 70.2 cm³/mol. The summed E-state index contributed by atoms with van der Waals surface area (Å²) in [6, 6.07) is 0. The lowest BCUT2D eigenvalue weighted by Crippen LogP contribution is -2.50. The molecule has 1 saturated heterocycles. The lowest BCUT2D eigenvalue weighted by Gasteiger charge is -2.34. The van der Waals surface area contributed by atoms with Gasteiger partial charge in [-0.05, 0) is 6.42 Å². The Kier molecular flexibility index (Phi) is 4.36. The molecule has 1 fully saturated rings. The lowest BCUT2D eigenvalue weighted by atomic mass is 10.2. The van der Waals surface area contributed by atoms with E-state index in [1.54, 1.807) is 0 Å². The monoisotopic (exact) mass is 250 g/mol. The fraction of sp³-hybridized carbons (Fsp3) is 0.692. The number of imidazole rings is 1. The second kappa shape index (κ2) is 6.00. The molecule has 2 heterocycles. The molecule has 0 atom stereocenters. The quantitative estimate of drug-likeness (QED) is 0.765. The molecule has 1 aliphatic rings. The molecule has 0 aromatic carbocycles. The second-order valence-corrected chi connectivity index (χ2v) is 4.86. The summed E-state index contributed by atoms with van der Waals surface area (Å²) in [6.07, 6.45) is 5.73. The summed E-state index contributed by atoms with van der Waals surface area (Å²) in [5.41, 5.74) is 0. The average molecular weight is 250 g/mol. The van der Waals surface area contributed by atoms with Crippen LogP contribution in [-0.4, -0.2) is 58.0 Å². The molecule has 0 bridgehead atoms. The fourth-order valence-electron chi connectivity index (χ4n) is 2.35. The summed E-state index contributed by atoms with van der Waals surface area (Å²) >= 11 is 0. The Morgan fingerprint density at radius 2 is 2.17 bits per heavy atom. The van der Waals surface area contributed by atoms with Gasteiger partial charge >= 0.3 is 0 Å². The smallest absolute Gasteiger partial charge is 0.236 e. The number of nitrogens with zero attached hydrogens (tertiary/aromatic N) is 4. The van der Waals surface area contributed by atoms with Crippen LogP contribution in [-0.2, 0) is 18.3 Å². The Hall–Kier alpha value is -1.36. The van der Waals surface area contributed by atoms with Crippen molar-refractivity contribution in [3.63, 3.8) is 0 Å². The second-order valence-electron chi connectivity index (χ2n) is 4.86. The van der Waals surface area contributed by atoms with Crippen molar-refractivity contribution in [1.82, 2.24) is 19.4 Å². The van der Waals surface area contributed by atoms with E-state index in [0.29, 0.717) is 6.54 Å². The first-order valence-corrected chi connectivity index (χ1v) is 6.67. The van der Waals surface area contributed by atoms with Gasteiger partial charge in [0.25, 0.3) is 0 Å². The van der Waals surface area contributed by atoms with Gasteiger partial charge in [0, 0.05) is 52.0 Å². The molecule has 0 radical (unpaired) electrons. The van der Waals surface area contributed by atoms with Crippen LogP contribution in [0, 0.1) is 0 Å². The molecule has 1 amide bonds. The number of piperazine rings is 1. The molecular weight excluding hydrogens is 228 g/mol. The van der Waals surface area contributed by atoms with Crippen LogP contribution < -0.4 is 0 Å². The third kappa shape index (κ3) is 3.10. The number of carbonyl (C=O) groups is 1. The van der Waals surface area contributed by atoms with Crippen molar-refractivity contribution in [1.29, 1.82) is 0 Å². The van der Waals surface area contributed by atoms with Crippen LogP contribution in [0.3, 0.4) is 0 Å². The predicted octanol–water partition coefficient (Wildman–Crippen LogP) is 0.517. The van der Waals surface area contributed by atoms with E-state index in [1.807, 2.05) is 28.9 Å². The number of rotatable bonds is 5. The Bertz CT molecular complexity index is 401. The number of aryl methyl sites for hydroxylation is 1. The third-order valence-electron chi connectivity index (χ3n) is 3.46. The number of amides is 1. The molecule has 1 aromatic rings. The van der Waals surface area contributed by atoms with Crippen LogP contribution in [0.5, 0.6) is 0 Å². The molecule has 0 saturated carbocycles.